The topological polar surface area (TPSA) is 45.2 Å². The van der Waals surface area contributed by atoms with Gasteiger partial charge in [-0.1, -0.05) is 0 Å². The van der Waals surface area contributed by atoms with E-state index in [0.717, 1.165) is 35.3 Å². The molecule has 0 bridgehead atoms. The van der Waals surface area contributed by atoms with E-state index in [1.807, 2.05) is 25.1 Å². The zero-order valence-corrected chi connectivity index (χ0v) is 15.1. The Kier molecular flexibility index (Phi) is 10.2. The van der Waals surface area contributed by atoms with Gasteiger partial charge in [-0.3, -0.25) is 4.79 Å². The molecule has 1 aliphatic rings. The second kappa shape index (κ2) is 10.4. The van der Waals surface area contributed by atoms with Gasteiger partial charge in [0.1, 0.15) is 0 Å². The van der Waals surface area contributed by atoms with Crippen molar-refractivity contribution in [3.63, 3.8) is 0 Å². The summed E-state index contributed by atoms with van der Waals surface area (Å²) in [4.78, 5) is 19.3. The monoisotopic (exact) mass is 353 g/mol. The minimum absolute atomic E-state index is 0. The van der Waals surface area contributed by atoms with E-state index in [4.69, 9.17) is 0 Å². The third-order valence-electron chi connectivity index (χ3n) is 3.71. The molecule has 2 heterocycles. The van der Waals surface area contributed by atoms with E-state index >= 15 is 0 Å². The number of hydrogen-bond donors (Lipinski definition) is 1. The molecule has 0 saturated carbocycles. The van der Waals surface area contributed by atoms with Crippen molar-refractivity contribution >= 4 is 42.1 Å². The fourth-order valence-corrected chi connectivity index (χ4v) is 3.34. The molecular weight excluding hydrogens is 329 g/mol. The molecule has 0 aromatic carbocycles. The lowest BCUT2D eigenvalue weighted by molar-refractivity contribution is -0.130. The van der Waals surface area contributed by atoms with E-state index in [0.29, 0.717) is 13.0 Å². The smallest absolute Gasteiger partial charge is 0.222 e. The van der Waals surface area contributed by atoms with E-state index < -0.39 is 0 Å². The number of aryl methyl sites for hydroxylation is 1. The van der Waals surface area contributed by atoms with Gasteiger partial charge in [0, 0.05) is 24.5 Å². The van der Waals surface area contributed by atoms with Gasteiger partial charge in [-0.2, -0.15) is 0 Å². The zero-order chi connectivity index (χ0) is 13.7. The number of halogens is 2. The molecule has 0 unspecified atom stereocenters. The number of piperidine rings is 1. The number of nitrogens with one attached hydrogen (secondary N) is 1. The minimum Gasteiger partial charge on any atom is -0.341 e. The highest BCUT2D eigenvalue weighted by atomic mass is 35.5. The number of carbonyl (C=O) groups excluding carboxylic acids is 1. The zero-order valence-electron chi connectivity index (χ0n) is 12.6. The van der Waals surface area contributed by atoms with Crippen molar-refractivity contribution in [3.8, 4) is 0 Å². The molecule has 21 heavy (non-hydrogen) atoms. The molecule has 2 rings (SSSR count). The van der Waals surface area contributed by atoms with E-state index in [1.54, 1.807) is 11.3 Å². The first-order valence-corrected chi connectivity index (χ1v) is 7.83. The van der Waals surface area contributed by atoms with Crippen LogP contribution in [0.3, 0.4) is 0 Å². The first-order chi connectivity index (χ1) is 9.15. The maximum absolute atomic E-state index is 12.1. The van der Waals surface area contributed by atoms with Crippen molar-refractivity contribution < 1.29 is 4.79 Å². The fourth-order valence-electron chi connectivity index (χ4n) is 2.49. The SMILES string of the molecule is Cc1ncc(CN(C)C(=O)CCC2CCNCC2)s1.Cl.Cl. The van der Waals surface area contributed by atoms with E-state index in [2.05, 4.69) is 10.3 Å². The molecule has 0 atom stereocenters. The molecule has 1 aliphatic heterocycles. The van der Waals surface area contributed by atoms with Crippen LogP contribution in [0.5, 0.6) is 0 Å². The number of aromatic nitrogens is 1. The van der Waals surface area contributed by atoms with Crippen LogP contribution >= 0.6 is 36.2 Å². The number of carbonyl (C=O) groups is 1. The van der Waals surface area contributed by atoms with Crippen LogP contribution in [0.15, 0.2) is 6.20 Å². The molecule has 122 valence electrons. The predicted octanol–water partition coefficient (Wildman–Crippen LogP) is 3.03. The molecule has 1 amide bonds. The van der Waals surface area contributed by atoms with Crippen LogP contribution in [0.2, 0.25) is 0 Å². The molecule has 0 aliphatic carbocycles. The minimum atomic E-state index is 0. The molecule has 0 spiro atoms. The van der Waals surface area contributed by atoms with Gasteiger partial charge in [0.05, 0.1) is 11.6 Å². The summed E-state index contributed by atoms with van der Waals surface area (Å²) in [6.07, 6.45) is 6.01. The van der Waals surface area contributed by atoms with Gasteiger partial charge < -0.3 is 10.2 Å². The van der Waals surface area contributed by atoms with Crippen LogP contribution in [0.1, 0.15) is 35.6 Å². The van der Waals surface area contributed by atoms with Crippen molar-refractivity contribution in [3.05, 3.63) is 16.1 Å². The Hall–Kier alpha value is -0.360. The van der Waals surface area contributed by atoms with Crippen LogP contribution in [-0.4, -0.2) is 35.9 Å². The Morgan fingerprint density at radius 1 is 1.43 bits per heavy atom. The molecule has 1 aromatic rings. The highest BCUT2D eigenvalue weighted by molar-refractivity contribution is 7.11. The average molecular weight is 354 g/mol. The lowest BCUT2D eigenvalue weighted by atomic mass is 9.93. The Balaban J connectivity index is 0.00000200. The van der Waals surface area contributed by atoms with Crippen molar-refractivity contribution in [2.75, 3.05) is 20.1 Å². The first-order valence-electron chi connectivity index (χ1n) is 7.01. The number of nitrogens with zero attached hydrogens (tertiary/aromatic N) is 2. The fraction of sp³-hybridized carbons (Fsp3) is 0.714. The van der Waals surface area contributed by atoms with Gasteiger partial charge in [0.25, 0.3) is 0 Å². The summed E-state index contributed by atoms with van der Waals surface area (Å²) in [6.45, 7) is 4.90. The van der Waals surface area contributed by atoms with Crippen LogP contribution in [0.25, 0.3) is 0 Å². The van der Waals surface area contributed by atoms with E-state index in [9.17, 15) is 4.79 Å². The lowest BCUT2D eigenvalue weighted by Gasteiger charge is -2.23. The molecule has 4 nitrogen and oxygen atoms in total. The second-order valence-corrected chi connectivity index (χ2v) is 6.65. The number of amides is 1. The predicted molar refractivity (Wildman–Crippen MR) is 92.6 cm³/mol. The summed E-state index contributed by atoms with van der Waals surface area (Å²) in [5.41, 5.74) is 0. The third-order valence-corrected chi connectivity index (χ3v) is 4.61. The molecular formula is C14H25Cl2N3OS. The molecule has 0 radical (unpaired) electrons. The van der Waals surface area contributed by atoms with E-state index in [1.165, 1.54) is 12.8 Å². The average Bonchev–Trinajstić information content (AvgIpc) is 2.82. The van der Waals surface area contributed by atoms with Gasteiger partial charge >= 0.3 is 0 Å². The van der Waals surface area contributed by atoms with Gasteiger partial charge in [-0.05, 0) is 45.2 Å². The Morgan fingerprint density at radius 3 is 2.67 bits per heavy atom. The first kappa shape index (κ1) is 20.6. The summed E-state index contributed by atoms with van der Waals surface area (Å²) < 4.78 is 0. The van der Waals surface area contributed by atoms with Gasteiger partial charge in [0.2, 0.25) is 5.91 Å². The standard InChI is InChI=1S/C14H23N3OS.2ClH/c1-11-16-9-13(19-11)10-17(2)14(18)4-3-12-5-7-15-8-6-12;;/h9,12,15H,3-8,10H2,1-2H3;2*1H. The molecule has 7 heteroatoms. The summed E-state index contributed by atoms with van der Waals surface area (Å²) in [5.74, 6) is 0.980. The third kappa shape index (κ3) is 6.96. The molecule has 1 aromatic heterocycles. The summed E-state index contributed by atoms with van der Waals surface area (Å²) in [7, 11) is 1.89. The van der Waals surface area contributed by atoms with Crippen molar-refractivity contribution in [2.24, 2.45) is 5.92 Å². The number of thiazole rings is 1. The Bertz CT molecular complexity index is 422. The van der Waals surface area contributed by atoms with Gasteiger partial charge in [-0.25, -0.2) is 4.98 Å². The van der Waals surface area contributed by atoms with Gasteiger partial charge in [0.15, 0.2) is 0 Å². The number of hydrogen-bond acceptors (Lipinski definition) is 4. The van der Waals surface area contributed by atoms with Crippen LogP contribution in [0, 0.1) is 12.8 Å². The van der Waals surface area contributed by atoms with Crippen LogP contribution < -0.4 is 5.32 Å². The summed E-state index contributed by atoms with van der Waals surface area (Å²) in [5, 5.41) is 4.42. The van der Waals surface area contributed by atoms with Crippen molar-refractivity contribution in [2.45, 2.75) is 39.2 Å². The maximum Gasteiger partial charge on any atom is 0.222 e. The molecule has 1 N–H and O–H groups in total. The number of rotatable bonds is 5. The Labute approximate surface area is 143 Å². The normalized spacial score (nSPS) is 15.0. The van der Waals surface area contributed by atoms with Crippen LogP contribution in [0.4, 0.5) is 0 Å². The van der Waals surface area contributed by atoms with Crippen LogP contribution in [-0.2, 0) is 11.3 Å². The molecule has 1 saturated heterocycles. The second-order valence-electron chi connectivity index (χ2n) is 5.33. The van der Waals surface area contributed by atoms with Gasteiger partial charge in [-0.15, -0.1) is 36.2 Å². The summed E-state index contributed by atoms with van der Waals surface area (Å²) in [6, 6.07) is 0. The highest BCUT2D eigenvalue weighted by Gasteiger charge is 2.16. The maximum atomic E-state index is 12.1. The Morgan fingerprint density at radius 2 is 2.10 bits per heavy atom. The summed E-state index contributed by atoms with van der Waals surface area (Å²) >= 11 is 1.67. The highest BCUT2D eigenvalue weighted by Crippen LogP contribution is 2.19. The quantitative estimate of drug-likeness (QED) is 0.884. The van der Waals surface area contributed by atoms with E-state index in [-0.39, 0.29) is 30.7 Å². The largest absolute Gasteiger partial charge is 0.341 e. The molecule has 1 fully saturated rings. The van der Waals surface area contributed by atoms with Crippen molar-refractivity contribution in [1.82, 2.24) is 15.2 Å². The lowest BCUT2D eigenvalue weighted by Crippen LogP contribution is -2.30. The van der Waals surface area contributed by atoms with Crippen molar-refractivity contribution in [1.29, 1.82) is 0 Å².